The van der Waals surface area contributed by atoms with Gasteiger partial charge in [-0.3, -0.25) is 14.8 Å². The molecule has 3 aromatic carbocycles. The molecular weight excluding hydrogens is 457 g/mol. The van der Waals surface area contributed by atoms with Gasteiger partial charge in [0.05, 0.1) is 24.1 Å². The van der Waals surface area contributed by atoms with E-state index in [0.29, 0.717) is 22.2 Å². The molecule has 1 aliphatic heterocycles. The third-order valence-electron chi connectivity index (χ3n) is 6.74. The number of amides is 1. The van der Waals surface area contributed by atoms with Gasteiger partial charge in [0.1, 0.15) is 5.75 Å². The number of carbonyl (C=O) groups is 1. The number of benzene rings is 3. The molecule has 4 aromatic rings. The molecule has 1 fully saturated rings. The van der Waals surface area contributed by atoms with Crippen molar-refractivity contribution in [2.75, 3.05) is 26.7 Å². The number of hydrogen-bond donors (Lipinski definition) is 3. The molecule has 1 amide bonds. The van der Waals surface area contributed by atoms with Gasteiger partial charge >= 0.3 is 0 Å². The van der Waals surface area contributed by atoms with Crippen molar-refractivity contribution < 1.29 is 13.9 Å². The summed E-state index contributed by atoms with van der Waals surface area (Å²) in [4.78, 5) is 15.8. The highest BCUT2D eigenvalue weighted by Crippen LogP contribution is 2.28. The van der Waals surface area contributed by atoms with Crippen molar-refractivity contribution in [1.29, 1.82) is 0 Å². The van der Waals surface area contributed by atoms with Crippen molar-refractivity contribution >= 4 is 16.8 Å². The molecule has 1 atom stereocenters. The maximum atomic E-state index is 14.2. The van der Waals surface area contributed by atoms with Crippen molar-refractivity contribution in [2.45, 2.75) is 25.4 Å². The van der Waals surface area contributed by atoms with Crippen molar-refractivity contribution in [2.24, 2.45) is 5.73 Å². The van der Waals surface area contributed by atoms with Gasteiger partial charge in [0, 0.05) is 18.7 Å². The second-order valence-electron chi connectivity index (χ2n) is 9.21. The molecule has 0 bridgehead atoms. The van der Waals surface area contributed by atoms with Crippen molar-refractivity contribution in [3.63, 3.8) is 0 Å². The minimum absolute atomic E-state index is 0.214. The van der Waals surface area contributed by atoms with Crippen LogP contribution >= 0.6 is 0 Å². The molecule has 0 saturated carbocycles. The highest BCUT2D eigenvalue weighted by molar-refractivity contribution is 5.96. The number of likely N-dealkylation sites (tertiary alicyclic amines) is 1. The van der Waals surface area contributed by atoms with Crippen LogP contribution in [0.1, 0.15) is 40.4 Å². The third kappa shape index (κ3) is 5.10. The van der Waals surface area contributed by atoms with Gasteiger partial charge in [-0.1, -0.05) is 18.2 Å². The number of aromatic amines is 1. The van der Waals surface area contributed by atoms with Crippen LogP contribution in [-0.2, 0) is 6.54 Å². The summed E-state index contributed by atoms with van der Waals surface area (Å²) in [5.41, 5.74) is 10.7. The highest BCUT2D eigenvalue weighted by Gasteiger charge is 2.19. The topological polar surface area (TPSA) is 96.3 Å². The van der Waals surface area contributed by atoms with E-state index >= 15 is 0 Å². The molecule has 1 saturated heterocycles. The summed E-state index contributed by atoms with van der Waals surface area (Å²) in [6.07, 6.45) is 2.37. The average Bonchev–Trinajstić information content (AvgIpc) is 3.56. The van der Waals surface area contributed by atoms with Crippen molar-refractivity contribution in [3.05, 3.63) is 83.3 Å². The van der Waals surface area contributed by atoms with Gasteiger partial charge in [0.15, 0.2) is 0 Å². The van der Waals surface area contributed by atoms with Gasteiger partial charge < -0.3 is 15.8 Å². The van der Waals surface area contributed by atoms with Crippen LogP contribution in [0.4, 0.5) is 4.39 Å². The van der Waals surface area contributed by atoms with Gasteiger partial charge in [-0.2, -0.15) is 9.49 Å². The van der Waals surface area contributed by atoms with Crippen LogP contribution in [0.25, 0.3) is 22.0 Å². The number of carbonyl (C=O) groups excluding carboxylic acids is 1. The van der Waals surface area contributed by atoms with Crippen LogP contribution in [0, 0.1) is 5.95 Å². The lowest BCUT2D eigenvalue weighted by Gasteiger charge is -2.20. The number of nitrogens with one attached hydrogen (secondary N) is 2. The Morgan fingerprint density at radius 2 is 1.97 bits per heavy atom. The second-order valence-corrected chi connectivity index (χ2v) is 9.21. The monoisotopic (exact) mass is 487 g/mol. The molecular formula is C28H30FN5O2. The predicted molar refractivity (Wildman–Crippen MR) is 138 cm³/mol. The number of halogens is 1. The highest BCUT2D eigenvalue weighted by atomic mass is 19.1. The summed E-state index contributed by atoms with van der Waals surface area (Å²) >= 11 is 0. The lowest BCUT2D eigenvalue weighted by atomic mass is 9.97. The zero-order valence-corrected chi connectivity index (χ0v) is 20.3. The molecule has 8 heteroatoms. The first-order chi connectivity index (χ1) is 17.5. The number of nitrogens with two attached hydrogens (primary N) is 1. The number of aromatic nitrogens is 2. The van der Waals surface area contributed by atoms with E-state index in [1.165, 1.54) is 12.8 Å². The summed E-state index contributed by atoms with van der Waals surface area (Å²) in [5.74, 6) is 0.0208. The molecule has 1 aliphatic rings. The summed E-state index contributed by atoms with van der Waals surface area (Å²) in [7, 11) is 1.61. The van der Waals surface area contributed by atoms with E-state index in [1.807, 2.05) is 42.5 Å². The van der Waals surface area contributed by atoms with Crippen molar-refractivity contribution in [1.82, 2.24) is 20.4 Å². The van der Waals surface area contributed by atoms with Gasteiger partial charge in [-0.25, -0.2) is 0 Å². The molecule has 0 spiro atoms. The fourth-order valence-corrected chi connectivity index (χ4v) is 4.82. The zero-order chi connectivity index (χ0) is 25.1. The molecule has 4 N–H and O–H groups in total. The molecule has 0 radical (unpaired) electrons. The molecule has 2 heterocycles. The minimum atomic E-state index is -0.470. The summed E-state index contributed by atoms with van der Waals surface area (Å²) in [5, 5.41) is 9.86. The summed E-state index contributed by atoms with van der Waals surface area (Å²) < 4.78 is 19.5. The molecule has 186 valence electrons. The second kappa shape index (κ2) is 10.5. The first kappa shape index (κ1) is 24.0. The maximum Gasteiger partial charge on any atom is 0.251 e. The molecule has 36 heavy (non-hydrogen) atoms. The number of nitrogens with zero attached hydrogens (tertiary/aromatic N) is 2. The minimum Gasteiger partial charge on any atom is -0.497 e. The molecule has 1 unspecified atom stereocenters. The average molecular weight is 488 g/mol. The number of rotatable bonds is 8. The zero-order valence-electron chi connectivity index (χ0n) is 20.3. The van der Waals surface area contributed by atoms with E-state index < -0.39 is 5.95 Å². The third-order valence-corrected chi connectivity index (χ3v) is 6.74. The SMILES string of the molecule is COc1cccc(C(CN)NC(=O)c2cc(CN3CCCC3)cc(-c3ccc4n[nH]c(F)c4c3)c2)c1. The van der Waals surface area contributed by atoms with Gasteiger partial charge in [-0.05, 0) is 90.6 Å². The van der Waals surface area contributed by atoms with Crippen LogP contribution in [0.15, 0.2) is 60.7 Å². The standard InChI is InChI=1S/C28H30FN5O2/c1-36-23-6-4-5-20(14-23)26(16-30)31-28(35)22-12-18(17-34-9-2-3-10-34)11-21(13-22)19-7-8-25-24(15-19)27(29)33-32-25/h4-8,11-15,26H,2-3,9-10,16-17,30H2,1H3,(H,31,35)(H,32,33). The van der Waals surface area contributed by atoms with E-state index in [9.17, 15) is 9.18 Å². The fraction of sp³-hybridized carbons (Fsp3) is 0.286. The van der Waals surface area contributed by atoms with E-state index in [1.54, 1.807) is 19.2 Å². The van der Waals surface area contributed by atoms with Crippen LogP contribution in [0.3, 0.4) is 0 Å². The van der Waals surface area contributed by atoms with Gasteiger partial charge in [0.2, 0.25) is 5.95 Å². The predicted octanol–water partition coefficient (Wildman–Crippen LogP) is 4.40. The number of fused-ring (bicyclic) bond motifs is 1. The number of methoxy groups -OCH3 is 1. The van der Waals surface area contributed by atoms with E-state index in [2.05, 4.69) is 26.5 Å². The van der Waals surface area contributed by atoms with Crippen molar-refractivity contribution in [3.8, 4) is 16.9 Å². The van der Waals surface area contributed by atoms with E-state index in [0.717, 1.165) is 41.9 Å². The van der Waals surface area contributed by atoms with Gasteiger partial charge in [0.25, 0.3) is 5.91 Å². The Kier molecular flexibility index (Phi) is 6.97. The van der Waals surface area contributed by atoms with Crippen LogP contribution < -0.4 is 15.8 Å². The maximum absolute atomic E-state index is 14.2. The fourth-order valence-electron chi connectivity index (χ4n) is 4.82. The Balaban J connectivity index is 1.48. The summed E-state index contributed by atoms with van der Waals surface area (Å²) in [6.45, 7) is 3.09. The largest absolute Gasteiger partial charge is 0.497 e. The number of H-pyrrole nitrogens is 1. The normalized spacial score (nSPS) is 14.8. The van der Waals surface area contributed by atoms with Gasteiger partial charge in [-0.15, -0.1) is 0 Å². The molecule has 0 aliphatic carbocycles. The smallest absolute Gasteiger partial charge is 0.251 e. The molecule has 7 nitrogen and oxygen atoms in total. The van der Waals surface area contributed by atoms with Crippen LogP contribution in [-0.4, -0.2) is 47.7 Å². The number of ether oxygens (including phenoxy) is 1. The Morgan fingerprint density at radius 1 is 1.14 bits per heavy atom. The first-order valence-electron chi connectivity index (χ1n) is 12.2. The molecule has 1 aromatic heterocycles. The Labute approximate surface area is 209 Å². The van der Waals surface area contributed by atoms with E-state index in [-0.39, 0.29) is 18.5 Å². The summed E-state index contributed by atoms with van der Waals surface area (Å²) in [6, 6.07) is 18.5. The van der Waals surface area contributed by atoms with Crippen LogP contribution in [0.2, 0.25) is 0 Å². The lowest BCUT2D eigenvalue weighted by Crippen LogP contribution is -2.33. The number of hydrogen-bond acceptors (Lipinski definition) is 5. The Bertz CT molecular complexity index is 1380. The Hall–Kier alpha value is -3.75. The van der Waals surface area contributed by atoms with Crippen LogP contribution in [0.5, 0.6) is 5.75 Å². The molecule has 5 rings (SSSR count). The Morgan fingerprint density at radius 3 is 2.75 bits per heavy atom. The lowest BCUT2D eigenvalue weighted by molar-refractivity contribution is 0.0937. The first-order valence-corrected chi connectivity index (χ1v) is 12.2. The quantitative estimate of drug-likeness (QED) is 0.342. The van der Waals surface area contributed by atoms with E-state index in [4.69, 9.17) is 10.5 Å².